The van der Waals surface area contributed by atoms with Gasteiger partial charge in [0.05, 0.1) is 39.8 Å². The maximum Gasteiger partial charge on any atom is 0.229 e. The van der Waals surface area contributed by atoms with Crippen LogP contribution in [0.3, 0.4) is 0 Å². The van der Waals surface area contributed by atoms with E-state index in [-0.39, 0.29) is 5.75 Å². The zero-order chi connectivity index (χ0) is 20.8. The van der Waals surface area contributed by atoms with E-state index in [1.165, 1.54) is 7.11 Å². The lowest BCUT2D eigenvalue weighted by atomic mass is 10.2. The van der Waals surface area contributed by atoms with Gasteiger partial charge >= 0.3 is 0 Å². The van der Waals surface area contributed by atoms with Gasteiger partial charge in [-0.2, -0.15) is 15.1 Å². The number of ether oxygens (including phenoxy) is 3. The smallest absolute Gasteiger partial charge is 0.229 e. The number of hydrogen-bond acceptors (Lipinski definition) is 10. The number of nitrogens with zero attached hydrogens (tertiary/aromatic N) is 5. The molecule has 1 aromatic carbocycles. The van der Waals surface area contributed by atoms with Gasteiger partial charge in [-0.25, -0.2) is 0 Å². The molecule has 0 aliphatic carbocycles. The third-order valence-electron chi connectivity index (χ3n) is 4.93. The van der Waals surface area contributed by atoms with E-state index in [2.05, 4.69) is 25.3 Å². The van der Waals surface area contributed by atoms with E-state index in [1.54, 1.807) is 24.4 Å². The van der Waals surface area contributed by atoms with Crippen molar-refractivity contribution in [2.24, 2.45) is 5.10 Å². The first-order chi connectivity index (χ1) is 14.7. The number of hydrazone groups is 1. The fourth-order valence-corrected chi connectivity index (χ4v) is 3.29. The summed E-state index contributed by atoms with van der Waals surface area (Å²) in [5.74, 6) is 2.59. The highest BCUT2D eigenvalue weighted by atomic mass is 16.5. The van der Waals surface area contributed by atoms with E-state index in [0.717, 1.165) is 37.6 Å². The highest BCUT2D eigenvalue weighted by Crippen LogP contribution is 2.26. The third kappa shape index (κ3) is 4.89. The molecule has 0 spiro atoms. The fourth-order valence-electron chi connectivity index (χ4n) is 3.29. The molecule has 10 nitrogen and oxygen atoms in total. The number of methoxy groups -OCH3 is 1. The van der Waals surface area contributed by atoms with Gasteiger partial charge in [-0.15, -0.1) is 0 Å². The summed E-state index contributed by atoms with van der Waals surface area (Å²) in [5, 5.41) is 14.0. The number of aromatic hydroxyl groups is 1. The Morgan fingerprint density at radius 3 is 2.43 bits per heavy atom. The van der Waals surface area contributed by atoms with Crippen LogP contribution in [0.4, 0.5) is 17.6 Å². The summed E-state index contributed by atoms with van der Waals surface area (Å²) in [6, 6.07) is 6.92. The summed E-state index contributed by atoms with van der Waals surface area (Å²) in [6.45, 7) is 5.76. The van der Waals surface area contributed by atoms with Gasteiger partial charge in [0.25, 0.3) is 0 Å². The predicted octanol–water partition coefficient (Wildman–Crippen LogP) is 1.31. The Bertz CT molecular complexity index is 845. The molecular weight excluding hydrogens is 388 g/mol. The third-order valence-corrected chi connectivity index (χ3v) is 4.93. The lowest BCUT2D eigenvalue weighted by Gasteiger charge is -2.31. The lowest BCUT2D eigenvalue weighted by Crippen LogP contribution is -2.39. The monoisotopic (exact) mass is 414 g/mol. The second-order valence-electron chi connectivity index (χ2n) is 6.91. The summed E-state index contributed by atoms with van der Waals surface area (Å²) in [5.41, 5.74) is 3.79. The molecule has 0 bridgehead atoms. The molecule has 30 heavy (non-hydrogen) atoms. The Hall–Kier alpha value is -3.11. The average Bonchev–Trinajstić information content (AvgIpc) is 2.81. The van der Waals surface area contributed by atoms with E-state index in [4.69, 9.17) is 19.2 Å². The number of nitrogens with one attached hydrogen (secondary N) is 1. The molecular formula is C20H26N6O4. The number of aromatic nitrogens is 2. The van der Waals surface area contributed by atoms with Crippen molar-refractivity contribution in [1.29, 1.82) is 0 Å². The highest BCUT2D eigenvalue weighted by molar-refractivity contribution is 5.81. The second-order valence-corrected chi connectivity index (χ2v) is 6.91. The van der Waals surface area contributed by atoms with Crippen molar-refractivity contribution in [3.8, 4) is 11.5 Å². The zero-order valence-corrected chi connectivity index (χ0v) is 17.0. The van der Waals surface area contributed by atoms with Gasteiger partial charge in [-0.05, 0) is 23.8 Å². The average molecular weight is 414 g/mol. The van der Waals surface area contributed by atoms with Gasteiger partial charge in [0.15, 0.2) is 17.3 Å². The molecule has 160 valence electrons. The molecule has 2 aromatic rings. The van der Waals surface area contributed by atoms with E-state index in [9.17, 15) is 5.11 Å². The van der Waals surface area contributed by atoms with Gasteiger partial charge < -0.3 is 29.1 Å². The first-order valence-electron chi connectivity index (χ1n) is 9.93. The summed E-state index contributed by atoms with van der Waals surface area (Å²) in [7, 11) is 1.51. The van der Waals surface area contributed by atoms with E-state index in [1.807, 2.05) is 6.07 Å². The van der Waals surface area contributed by atoms with Crippen LogP contribution in [-0.4, -0.2) is 81.0 Å². The van der Waals surface area contributed by atoms with E-state index in [0.29, 0.717) is 43.9 Å². The Labute approximate surface area is 175 Å². The molecule has 4 rings (SSSR count). The van der Waals surface area contributed by atoms with Crippen LogP contribution in [0.2, 0.25) is 0 Å². The van der Waals surface area contributed by atoms with Crippen molar-refractivity contribution >= 4 is 23.8 Å². The van der Waals surface area contributed by atoms with Crippen molar-refractivity contribution in [2.75, 3.05) is 74.9 Å². The first-order valence-corrected chi connectivity index (χ1v) is 9.93. The molecule has 2 aliphatic heterocycles. The Kier molecular flexibility index (Phi) is 6.45. The van der Waals surface area contributed by atoms with Crippen LogP contribution in [0.15, 0.2) is 29.4 Å². The Balaban J connectivity index is 1.54. The van der Waals surface area contributed by atoms with Gasteiger partial charge in [-0.1, -0.05) is 0 Å². The minimum absolute atomic E-state index is 0.0868. The molecule has 0 saturated carbocycles. The van der Waals surface area contributed by atoms with Gasteiger partial charge in [0.2, 0.25) is 5.95 Å². The fraction of sp³-hybridized carbons (Fsp3) is 0.450. The van der Waals surface area contributed by atoms with Crippen molar-refractivity contribution < 1.29 is 19.3 Å². The Morgan fingerprint density at radius 2 is 1.73 bits per heavy atom. The summed E-state index contributed by atoms with van der Waals surface area (Å²) >= 11 is 0. The summed E-state index contributed by atoms with van der Waals surface area (Å²) in [4.78, 5) is 13.7. The molecule has 0 atom stereocenters. The molecule has 2 saturated heterocycles. The standard InChI is InChI=1S/C20H26N6O4/c1-28-17-12-15(2-3-16(17)27)14-21-24-18-13-19(25-4-8-29-9-5-25)23-20(22-18)26-6-10-30-11-7-26/h2-3,12-14,27H,4-11H2,1H3,(H,22,23,24)/b21-14-. The normalized spacial score (nSPS) is 17.4. The molecule has 1 aromatic heterocycles. The van der Waals surface area contributed by atoms with Crippen LogP contribution >= 0.6 is 0 Å². The summed E-state index contributed by atoms with van der Waals surface area (Å²) in [6.07, 6.45) is 1.65. The highest BCUT2D eigenvalue weighted by Gasteiger charge is 2.19. The van der Waals surface area contributed by atoms with Crippen LogP contribution in [0.1, 0.15) is 5.56 Å². The number of benzene rings is 1. The minimum Gasteiger partial charge on any atom is -0.504 e. The van der Waals surface area contributed by atoms with Crippen molar-refractivity contribution in [2.45, 2.75) is 0 Å². The maximum atomic E-state index is 9.72. The minimum atomic E-state index is 0.0868. The second kappa shape index (κ2) is 9.59. The number of anilines is 3. The SMILES string of the molecule is COc1cc(/C=N\Nc2cc(N3CCOCC3)nc(N3CCOCC3)n2)ccc1O. The Morgan fingerprint density at radius 1 is 1.03 bits per heavy atom. The predicted molar refractivity (Wildman–Crippen MR) is 114 cm³/mol. The molecule has 2 fully saturated rings. The van der Waals surface area contributed by atoms with Crippen LogP contribution < -0.4 is 20.0 Å². The number of hydrogen-bond donors (Lipinski definition) is 2. The largest absolute Gasteiger partial charge is 0.504 e. The van der Waals surface area contributed by atoms with Gasteiger partial charge in [0.1, 0.15) is 5.82 Å². The van der Waals surface area contributed by atoms with Crippen molar-refractivity contribution in [3.05, 3.63) is 29.8 Å². The van der Waals surface area contributed by atoms with Crippen molar-refractivity contribution in [1.82, 2.24) is 9.97 Å². The molecule has 3 heterocycles. The maximum absolute atomic E-state index is 9.72. The molecule has 0 unspecified atom stereocenters. The van der Waals surface area contributed by atoms with Crippen LogP contribution in [-0.2, 0) is 9.47 Å². The van der Waals surface area contributed by atoms with Crippen LogP contribution in [0.5, 0.6) is 11.5 Å². The summed E-state index contributed by atoms with van der Waals surface area (Å²) < 4.78 is 16.0. The van der Waals surface area contributed by atoms with E-state index >= 15 is 0 Å². The van der Waals surface area contributed by atoms with Crippen LogP contribution in [0.25, 0.3) is 0 Å². The number of phenolic OH excluding ortho intramolecular Hbond substituents is 1. The molecule has 0 radical (unpaired) electrons. The number of rotatable bonds is 6. The van der Waals surface area contributed by atoms with Crippen LogP contribution in [0, 0.1) is 0 Å². The molecule has 10 heteroatoms. The molecule has 2 N–H and O–H groups in total. The van der Waals surface area contributed by atoms with Gasteiger partial charge in [0, 0.05) is 32.2 Å². The lowest BCUT2D eigenvalue weighted by molar-refractivity contribution is 0.121. The number of phenols is 1. The molecule has 0 amide bonds. The van der Waals surface area contributed by atoms with Gasteiger partial charge in [-0.3, -0.25) is 5.43 Å². The van der Waals surface area contributed by atoms with E-state index < -0.39 is 0 Å². The topological polar surface area (TPSA) is 105 Å². The molecule has 2 aliphatic rings. The van der Waals surface area contributed by atoms with Crippen molar-refractivity contribution in [3.63, 3.8) is 0 Å². The zero-order valence-electron chi connectivity index (χ0n) is 17.0. The quantitative estimate of drug-likeness (QED) is 0.535. The first kappa shape index (κ1) is 20.2. The number of morpholine rings is 2.